The quantitative estimate of drug-likeness (QED) is 0.926. The zero-order valence-electron chi connectivity index (χ0n) is 13.6. The molecule has 1 aromatic heterocycles. The van der Waals surface area contributed by atoms with Crippen molar-refractivity contribution in [2.24, 2.45) is 7.05 Å². The predicted molar refractivity (Wildman–Crippen MR) is 85.4 cm³/mol. The smallest absolute Gasteiger partial charge is 0.318 e. The fourth-order valence-electron chi connectivity index (χ4n) is 2.93. The minimum atomic E-state index is -0.231. The standard InChI is InChI=1S/C17H21FN4O/c1-11-8-13(4-5-14(11)18)12(2)20-17(23)22-7-6-16-15(9-22)19-10-21(16)3/h4-5,8,10,12H,6-7,9H2,1-3H3,(H,20,23)/t12-/m1/s1. The monoisotopic (exact) mass is 316 g/mol. The summed E-state index contributed by atoms with van der Waals surface area (Å²) < 4.78 is 15.4. The number of carbonyl (C=O) groups is 1. The van der Waals surface area contributed by atoms with Gasteiger partial charge in [0.05, 0.1) is 24.6 Å². The van der Waals surface area contributed by atoms with Crippen LogP contribution in [-0.2, 0) is 20.0 Å². The summed E-state index contributed by atoms with van der Waals surface area (Å²) in [5.41, 5.74) is 3.63. The lowest BCUT2D eigenvalue weighted by Gasteiger charge is -2.28. The molecule has 0 saturated heterocycles. The average molecular weight is 316 g/mol. The van der Waals surface area contributed by atoms with Crippen molar-refractivity contribution >= 4 is 6.03 Å². The summed E-state index contributed by atoms with van der Waals surface area (Å²) in [6.07, 6.45) is 2.60. The fourth-order valence-corrected chi connectivity index (χ4v) is 2.93. The van der Waals surface area contributed by atoms with E-state index in [0.29, 0.717) is 18.7 Å². The number of nitrogens with zero attached hydrogens (tertiary/aromatic N) is 3. The van der Waals surface area contributed by atoms with Crippen LogP contribution in [0.4, 0.5) is 9.18 Å². The van der Waals surface area contributed by atoms with Gasteiger partial charge in [0.2, 0.25) is 0 Å². The van der Waals surface area contributed by atoms with Gasteiger partial charge >= 0.3 is 6.03 Å². The second-order valence-corrected chi connectivity index (χ2v) is 6.10. The number of aryl methyl sites for hydroxylation is 2. The normalized spacial score (nSPS) is 15.2. The largest absolute Gasteiger partial charge is 0.337 e. The molecular formula is C17H21FN4O. The van der Waals surface area contributed by atoms with Gasteiger partial charge in [-0.3, -0.25) is 0 Å². The first-order chi connectivity index (χ1) is 11.0. The van der Waals surface area contributed by atoms with E-state index in [9.17, 15) is 9.18 Å². The Labute approximate surface area is 135 Å². The van der Waals surface area contributed by atoms with Gasteiger partial charge in [0, 0.05) is 25.7 Å². The van der Waals surface area contributed by atoms with Gasteiger partial charge in [0.25, 0.3) is 0 Å². The SMILES string of the molecule is Cc1cc([C@@H](C)NC(=O)N2CCc3c(ncn3C)C2)ccc1F. The van der Waals surface area contributed by atoms with Crippen molar-refractivity contribution in [1.82, 2.24) is 19.8 Å². The molecule has 3 rings (SSSR count). The highest BCUT2D eigenvalue weighted by atomic mass is 19.1. The molecule has 23 heavy (non-hydrogen) atoms. The Bertz CT molecular complexity index is 740. The Morgan fingerprint density at radius 2 is 2.22 bits per heavy atom. The molecule has 122 valence electrons. The molecule has 0 unspecified atom stereocenters. The molecule has 0 bridgehead atoms. The summed E-state index contributed by atoms with van der Waals surface area (Å²) in [7, 11) is 1.97. The van der Waals surface area contributed by atoms with Gasteiger partial charge < -0.3 is 14.8 Å². The Morgan fingerprint density at radius 3 is 2.96 bits per heavy atom. The van der Waals surface area contributed by atoms with Gasteiger partial charge in [0.1, 0.15) is 5.82 Å². The van der Waals surface area contributed by atoms with Crippen molar-refractivity contribution in [3.63, 3.8) is 0 Å². The topological polar surface area (TPSA) is 50.2 Å². The lowest BCUT2D eigenvalue weighted by molar-refractivity contribution is 0.188. The molecule has 0 fully saturated rings. The van der Waals surface area contributed by atoms with Crippen molar-refractivity contribution in [3.05, 3.63) is 52.9 Å². The zero-order valence-corrected chi connectivity index (χ0v) is 13.6. The highest BCUT2D eigenvalue weighted by molar-refractivity contribution is 5.75. The maximum Gasteiger partial charge on any atom is 0.318 e. The molecule has 1 aromatic carbocycles. The molecular weight excluding hydrogens is 295 g/mol. The predicted octanol–water partition coefficient (Wildman–Crippen LogP) is 2.70. The van der Waals surface area contributed by atoms with Crippen LogP contribution in [0.2, 0.25) is 0 Å². The number of rotatable bonds is 2. The second kappa shape index (κ2) is 6.02. The number of amides is 2. The molecule has 0 aliphatic carbocycles. The number of imidazole rings is 1. The van der Waals surface area contributed by atoms with Crippen molar-refractivity contribution < 1.29 is 9.18 Å². The van der Waals surface area contributed by atoms with E-state index in [4.69, 9.17) is 0 Å². The third-order valence-corrected chi connectivity index (χ3v) is 4.41. The Balaban J connectivity index is 1.66. The average Bonchev–Trinajstić information content (AvgIpc) is 2.90. The van der Waals surface area contributed by atoms with E-state index in [-0.39, 0.29) is 17.9 Å². The summed E-state index contributed by atoms with van der Waals surface area (Å²) in [6, 6.07) is 4.63. The van der Waals surface area contributed by atoms with Crippen molar-refractivity contribution in [3.8, 4) is 0 Å². The molecule has 1 N–H and O–H groups in total. The molecule has 2 aromatic rings. The zero-order chi connectivity index (χ0) is 16.6. The number of nitrogens with one attached hydrogen (secondary N) is 1. The van der Waals surface area contributed by atoms with E-state index in [1.165, 1.54) is 11.8 Å². The van der Waals surface area contributed by atoms with Crippen molar-refractivity contribution in [2.45, 2.75) is 32.9 Å². The van der Waals surface area contributed by atoms with Gasteiger partial charge in [-0.15, -0.1) is 0 Å². The van der Waals surface area contributed by atoms with Gasteiger partial charge in [-0.1, -0.05) is 12.1 Å². The van der Waals surface area contributed by atoms with Gasteiger partial charge in [0.15, 0.2) is 0 Å². The number of benzene rings is 1. The van der Waals surface area contributed by atoms with Crippen LogP contribution in [0.15, 0.2) is 24.5 Å². The molecule has 2 heterocycles. The number of fused-ring (bicyclic) bond motifs is 1. The van der Waals surface area contributed by atoms with Gasteiger partial charge in [-0.25, -0.2) is 14.2 Å². The Morgan fingerprint density at radius 1 is 1.43 bits per heavy atom. The summed E-state index contributed by atoms with van der Waals surface area (Å²) in [6.45, 7) is 4.83. The summed E-state index contributed by atoms with van der Waals surface area (Å²) in [5.74, 6) is -0.231. The minimum absolute atomic E-state index is 0.115. The van der Waals surface area contributed by atoms with E-state index in [1.807, 2.05) is 18.5 Å². The lowest BCUT2D eigenvalue weighted by atomic mass is 10.1. The molecule has 1 aliphatic heterocycles. The summed E-state index contributed by atoms with van der Waals surface area (Å²) in [5, 5.41) is 2.98. The van der Waals surface area contributed by atoms with Crippen LogP contribution in [0, 0.1) is 12.7 Å². The lowest BCUT2D eigenvalue weighted by Crippen LogP contribution is -2.43. The molecule has 2 amide bonds. The van der Waals surface area contributed by atoms with Crippen LogP contribution in [0.5, 0.6) is 0 Å². The third kappa shape index (κ3) is 3.06. The van der Waals surface area contributed by atoms with E-state index in [1.54, 1.807) is 30.3 Å². The van der Waals surface area contributed by atoms with Crippen LogP contribution in [0.1, 0.15) is 35.5 Å². The summed E-state index contributed by atoms with van der Waals surface area (Å²) >= 11 is 0. The molecule has 0 radical (unpaired) electrons. The first-order valence-corrected chi connectivity index (χ1v) is 7.76. The van der Waals surface area contributed by atoms with Crippen molar-refractivity contribution in [2.75, 3.05) is 6.54 Å². The molecule has 1 atom stereocenters. The minimum Gasteiger partial charge on any atom is -0.337 e. The van der Waals surface area contributed by atoms with Crippen LogP contribution in [0.25, 0.3) is 0 Å². The maximum atomic E-state index is 13.4. The van der Waals surface area contributed by atoms with Crippen molar-refractivity contribution in [1.29, 1.82) is 0 Å². The van der Waals surface area contributed by atoms with E-state index >= 15 is 0 Å². The molecule has 0 saturated carbocycles. The number of carbonyl (C=O) groups excluding carboxylic acids is 1. The second-order valence-electron chi connectivity index (χ2n) is 6.10. The first-order valence-electron chi connectivity index (χ1n) is 7.76. The molecule has 6 heteroatoms. The number of halogens is 1. The highest BCUT2D eigenvalue weighted by Gasteiger charge is 2.24. The summed E-state index contributed by atoms with van der Waals surface area (Å²) in [4.78, 5) is 18.6. The fraction of sp³-hybridized carbons (Fsp3) is 0.412. The number of hydrogen-bond acceptors (Lipinski definition) is 2. The molecule has 1 aliphatic rings. The van der Waals surface area contributed by atoms with E-state index < -0.39 is 0 Å². The van der Waals surface area contributed by atoms with E-state index in [2.05, 4.69) is 10.3 Å². The number of aromatic nitrogens is 2. The van der Waals surface area contributed by atoms with Crippen LogP contribution in [-0.4, -0.2) is 27.0 Å². The highest BCUT2D eigenvalue weighted by Crippen LogP contribution is 2.19. The molecule has 5 nitrogen and oxygen atoms in total. The van der Waals surface area contributed by atoms with Crippen LogP contribution in [0.3, 0.4) is 0 Å². The van der Waals surface area contributed by atoms with Crippen LogP contribution >= 0.6 is 0 Å². The van der Waals surface area contributed by atoms with E-state index in [0.717, 1.165) is 17.7 Å². The number of hydrogen-bond donors (Lipinski definition) is 1. The Kier molecular flexibility index (Phi) is 4.07. The molecule has 0 spiro atoms. The maximum absolute atomic E-state index is 13.4. The van der Waals surface area contributed by atoms with Gasteiger partial charge in [-0.05, 0) is 31.0 Å². The first kappa shape index (κ1) is 15.5. The third-order valence-electron chi connectivity index (χ3n) is 4.41. The van der Waals surface area contributed by atoms with Gasteiger partial charge in [-0.2, -0.15) is 0 Å². The number of urea groups is 1. The Hall–Kier alpha value is -2.37. The van der Waals surface area contributed by atoms with Crippen LogP contribution < -0.4 is 5.32 Å².